The summed E-state index contributed by atoms with van der Waals surface area (Å²) in [5.74, 6) is -1.66. The number of ether oxygens (including phenoxy) is 1. The zero-order valence-electron chi connectivity index (χ0n) is 16.7. The van der Waals surface area contributed by atoms with Gasteiger partial charge in [-0.3, -0.25) is 24.1 Å². The highest BCUT2D eigenvalue weighted by atomic mass is 16.5. The molecule has 1 aliphatic heterocycles. The topological polar surface area (TPSA) is 107 Å². The first-order valence-electron chi connectivity index (χ1n) is 9.88. The van der Waals surface area contributed by atoms with Crippen LogP contribution in [-0.2, 0) is 16.1 Å². The van der Waals surface area contributed by atoms with Crippen molar-refractivity contribution in [3.8, 4) is 0 Å². The van der Waals surface area contributed by atoms with E-state index in [-0.39, 0.29) is 31.4 Å². The van der Waals surface area contributed by atoms with E-state index >= 15 is 0 Å². The lowest BCUT2D eigenvalue weighted by molar-refractivity contribution is -0.145. The number of carbonyl (C=O) groups excluding carboxylic acids is 4. The molecule has 7 nitrogen and oxygen atoms in total. The fraction of sp³-hybridized carbons (Fsp3) is 0.167. The Morgan fingerprint density at radius 2 is 1.48 bits per heavy atom. The third kappa shape index (κ3) is 4.02. The molecule has 0 atom stereocenters. The van der Waals surface area contributed by atoms with Crippen LogP contribution in [0.2, 0.25) is 0 Å². The molecule has 156 valence electrons. The van der Waals surface area contributed by atoms with Gasteiger partial charge >= 0.3 is 5.97 Å². The summed E-state index contributed by atoms with van der Waals surface area (Å²) < 4.78 is 5.23. The molecule has 3 amide bonds. The smallest absolute Gasteiger partial charge is 0.306 e. The van der Waals surface area contributed by atoms with Crippen molar-refractivity contribution in [3.63, 3.8) is 0 Å². The van der Waals surface area contributed by atoms with Crippen molar-refractivity contribution in [2.45, 2.75) is 19.4 Å². The number of carbonyl (C=O) groups is 4. The van der Waals surface area contributed by atoms with Crippen molar-refractivity contribution < 1.29 is 23.9 Å². The minimum atomic E-state index is -0.524. The molecular formula is C24H20N2O5. The molecule has 0 bridgehead atoms. The molecule has 0 spiro atoms. The molecule has 0 fully saturated rings. The van der Waals surface area contributed by atoms with Gasteiger partial charge < -0.3 is 10.5 Å². The molecule has 0 aromatic heterocycles. The van der Waals surface area contributed by atoms with E-state index in [9.17, 15) is 19.2 Å². The largest absolute Gasteiger partial charge is 0.461 e. The minimum Gasteiger partial charge on any atom is -0.461 e. The Morgan fingerprint density at radius 3 is 2.06 bits per heavy atom. The highest BCUT2D eigenvalue weighted by molar-refractivity contribution is 6.25. The maximum atomic E-state index is 12.8. The van der Waals surface area contributed by atoms with Crippen LogP contribution in [-0.4, -0.2) is 35.1 Å². The zero-order chi connectivity index (χ0) is 22.0. The summed E-state index contributed by atoms with van der Waals surface area (Å²) in [5.41, 5.74) is 7.29. The Labute approximate surface area is 178 Å². The lowest BCUT2D eigenvalue weighted by Crippen LogP contribution is -2.41. The van der Waals surface area contributed by atoms with Gasteiger partial charge in [0.1, 0.15) is 6.61 Å². The number of hydrogen-bond acceptors (Lipinski definition) is 5. The molecule has 4 rings (SSSR count). The van der Waals surface area contributed by atoms with Crippen LogP contribution in [0.3, 0.4) is 0 Å². The number of esters is 1. The van der Waals surface area contributed by atoms with E-state index in [4.69, 9.17) is 10.5 Å². The van der Waals surface area contributed by atoms with Gasteiger partial charge in [0.25, 0.3) is 11.8 Å². The van der Waals surface area contributed by atoms with Crippen LogP contribution in [0, 0.1) is 0 Å². The van der Waals surface area contributed by atoms with Crippen molar-refractivity contribution >= 4 is 34.5 Å². The number of imide groups is 1. The molecule has 0 saturated heterocycles. The number of hydrogen-bond donors (Lipinski definition) is 1. The number of nitrogens with two attached hydrogens (primary N) is 1. The Hall–Kier alpha value is -4.00. The minimum absolute atomic E-state index is 0.0643. The maximum absolute atomic E-state index is 12.8. The van der Waals surface area contributed by atoms with Gasteiger partial charge in [-0.1, -0.05) is 36.4 Å². The normalized spacial score (nSPS) is 12.8. The van der Waals surface area contributed by atoms with E-state index in [0.717, 1.165) is 10.9 Å². The molecule has 7 heteroatoms. The van der Waals surface area contributed by atoms with Crippen molar-refractivity contribution in [2.24, 2.45) is 5.73 Å². The first kappa shape index (κ1) is 20.3. The molecule has 3 aromatic carbocycles. The Morgan fingerprint density at radius 1 is 0.871 bits per heavy atom. The third-order valence-corrected chi connectivity index (χ3v) is 5.26. The van der Waals surface area contributed by atoms with E-state index in [2.05, 4.69) is 0 Å². The van der Waals surface area contributed by atoms with Gasteiger partial charge in [0.05, 0.1) is 0 Å². The van der Waals surface area contributed by atoms with Crippen LogP contribution in [0.25, 0.3) is 10.8 Å². The average Bonchev–Trinajstić information content (AvgIpc) is 2.78. The van der Waals surface area contributed by atoms with Crippen molar-refractivity contribution in [1.82, 2.24) is 4.90 Å². The van der Waals surface area contributed by atoms with Gasteiger partial charge in [0.2, 0.25) is 5.91 Å². The highest BCUT2D eigenvalue weighted by Crippen LogP contribution is 2.30. The lowest BCUT2D eigenvalue weighted by Gasteiger charge is -2.27. The number of amides is 3. The van der Waals surface area contributed by atoms with Crippen LogP contribution in [0.1, 0.15) is 49.5 Å². The number of primary amides is 1. The summed E-state index contributed by atoms with van der Waals surface area (Å²) >= 11 is 0. The Kier molecular flexibility index (Phi) is 5.49. The second-order valence-electron chi connectivity index (χ2n) is 7.30. The standard InChI is InChI=1S/C24H20N2O5/c25-22(28)17-11-9-15(10-12-17)14-31-20(27)8-3-13-26-23(29)18-6-1-4-16-5-2-7-19(21(16)18)24(26)30/h1-2,4-7,9-12H,3,8,13-14H2,(H2,25,28). The SMILES string of the molecule is NC(=O)c1ccc(COC(=O)CCCN2C(=O)c3cccc4cccc(c34)C2=O)cc1. The van der Waals surface area contributed by atoms with Gasteiger partial charge in [-0.25, -0.2) is 0 Å². The second-order valence-corrected chi connectivity index (χ2v) is 7.30. The summed E-state index contributed by atoms with van der Waals surface area (Å²) in [5, 5.41) is 1.53. The monoisotopic (exact) mass is 416 g/mol. The van der Waals surface area contributed by atoms with Gasteiger partial charge in [-0.05, 0) is 41.6 Å². The predicted molar refractivity (Wildman–Crippen MR) is 113 cm³/mol. The molecule has 0 aliphatic carbocycles. The number of rotatable bonds is 7. The zero-order valence-corrected chi connectivity index (χ0v) is 16.7. The number of benzene rings is 3. The summed E-state index contributed by atoms with van der Waals surface area (Å²) in [4.78, 5) is 50.0. The Bertz CT molecular complexity index is 1150. The second kappa shape index (κ2) is 8.39. The molecule has 0 saturated carbocycles. The van der Waals surface area contributed by atoms with Crippen molar-refractivity contribution in [1.29, 1.82) is 0 Å². The Balaban J connectivity index is 1.33. The molecular weight excluding hydrogens is 396 g/mol. The molecule has 3 aromatic rings. The van der Waals surface area contributed by atoms with Crippen molar-refractivity contribution in [2.75, 3.05) is 6.54 Å². The molecule has 1 aliphatic rings. The molecule has 1 heterocycles. The summed E-state index contributed by atoms with van der Waals surface area (Å²) in [6.45, 7) is 0.194. The van der Waals surface area contributed by atoms with Crippen LogP contribution in [0.4, 0.5) is 0 Å². The van der Waals surface area contributed by atoms with E-state index in [1.807, 2.05) is 12.1 Å². The van der Waals surface area contributed by atoms with E-state index in [1.165, 1.54) is 4.90 Å². The van der Waals surface area contributed by atoms with Gasteiger partial charge in [0.15, 0.2) is 0 Å². The molecule has 0 radical (unpaired) electrons. The fourth-order valence-electron chi connectivity index (χ4n) is 3.67. The van der Waals surface area contributed by atoms with Gasteiger partial charge in [0, 0.05) is 35.0 Å². The first-order valence-corrected chi connectivity index (χ1v) is 9.88. The van der Waals surface area contributed by atoms with E-state index in [0.29, 0.717) is 28.5 Å². The average molecular weight is 416 g/mol. The summed E-state index contributed by atoms with van der Waals surface area (Å²) in [7, 11) is 0. The molecule has 31 heavy (non-hydrogen) atoms. The lowest BCUT2D eigenvalue weighted by atomic mass is 9.94. The highest BCUT2D eigenvalue weighted by Gasteiger charge is 2.32. The van der Waals surface area contributed by atoms with Crippen LogP contribution in [0.15, 0.2) is 60.7 Å². The summed E-state index contributed by atoms with van der Waals surface area (Å²) in [6.07, 6.45) is 0.372. The number of nitrogens with zero attached hydrogens (tertiary/aromatic N) is 1. The van der Waals surface area contributed by atoms with E-state index < -0.39 is 11.9 Å². The van der Waals surface area contributed by atoms with Crippen LogP contribution in [0.5, 0.6) is 0 Å². The maximum Gasteiger partial charge on any atom is 0.306 e. The predicted octanol–water partition coefficient (Wildman–Crippen LogP) is 3.06. The third-order valence-electron chi connectivity index (χ3n) is 5.26. The quantitative estimate of drug-likeness (QED) is 0.471. The van der Waals surface area contributed by atoms with Crippen LogP contribution < -0.4 is 5.73 Å². The summed E-state index contributed by atoms with van der Waals surface area (Å²) in [6, 6.07) is 17.2. The molecule has 0 unspecified atom stereocenters. The fourth-order valence-corrected chi connectivity index (χ4v) is 3.67. The van der Waals surface area contributed by atoms with Gasteiger partial charge in [-0.2, -0.15) is 0 Å². The van der Waals surface area contributed by atoms with Crippen LogP contribution >= 0.6 is 0 Å². The van der Waals surface area contributed by atoms with E-state index in [1.54, 1.807) is 48.5 Å². The first-order chi connectivity index (χ1) is 15.0. The van der Waals surface area contributed by atoms with Crippen molar-refractivity contribution in [3.05, 3.63) is 82.9 Å². The van der Waals surface area contributed by atoms with Gasteiger partial charge in [-0.15, -0.1) is 0 Å². The molecule has 2 N–H and O–H groups in total.